The van der Waals surface area contributed by atoms with Crippen molar-refractivity contribution in [2.75, 3.05) is 26.6 Å². The summed E-state index contributed by atoms with van der Waals surface area (Å²) in [5, 5.41) is 0. The highest BCUT2D eigenvalue weighted by Crippen LogP contribution is 2.24. The third kappa shape index (κ3) is 3.73. The van der Waals surface area contributed by atoms with Gasteiger partial charge in [0.05, 0.1) is 0 Å². The Hall–Kier alpha value is -1.32. The van der Waals surface area contributed by atoms with Gasteiger partial charge in [-0.15, -0.1) is 0 Å². The molecule has 1 aromatic carbocycles. The van der Waals surface area contributed by atoms with Gasteiger partial charge in [-0.05, 0) is 18.6 Å². The molecule has 0 aliphatic rings. The molecule has 0 saturated carbocycles. The molecule has 0 radical (unpaired) electrons. The van der Waals surface area contributed by atoms with Crippen LogP contribution in [0.25, 0.3) is 0 Å². The first-order valence-electron chi connectivity index (χ1n) is 4.76. The van der Waals surface area contributed by atoms with Crippen molar-refractivity contribution in [2.24, 2.45) is 0 Å². The van der Waals surface area contributed by atoms with Gasteiger partial charge in [-0.1, -0.05) is 6.07 Å². The predicted octanol–water partition coefficient (Wildman–Crippen LogP) is 2.69. The van der Waals surface area contributed by atoms with E-state index in [1.165, 1.54) is 0 Å². The van der Waals surface area contributed by atoms with E-state index in [0.717, 1.165) is 5.56 Å². The molecule has 0 bridgehead atoms. The number of ether oxygens (including phenoxy) is 2. The molecule has 0 aliphatic carbocycles. The van der Waals surface area contributed by atoms with Crippen molar-refractivity contribution in [1.82, 2.24) is 0 Å². The average molecular weight is 216 g/mol. The quantitative estimate of drug-likeness (QED) is 0.727. The van der Waals surface area contributed by atoms with Crippen LogP contribution < -0.4 is 9.47 Å². The van der Waals surface area contributed by atoms with Gasteiger partial charge in [-0.25, -0.2) is 8.78 Å². The molecule has 0 unspecified atom stereocenters. The van der Waals surface area contributed by atoms with Gasteiger partial charge in [-0.3, -0.25) is 0 Å². The van der Waals surface area contributed by atoms with Crippen molar-refractivity contribution in [2.45, 2.75) is 6.92 Å². The van der Waals surface area contributed by atoms with Crippen LogP contribution in [0.15, 0.2) is 18.2 Å². The number of alkyl halides is 2. The maximum atomic E-state index is 11.9. The smallest absolute Gasteiger partial charge is 0.126 e. The molecule has 2 nitrogen and oxygen atoms in total. The second kappa shape index (κ2) is 6.22. The van der Waals surface area contributed by atoms with Crippen molar-refractivity contribution < 1.29 is 18.3 Å². The first-order chi connectivity index (χ1) is 7.27. The fourth-order valence-corrected chi connectivity index (χ4v) is 1.13. The summed E-state index contributed by atoms with van der Waals surface area (Å²) < 4.78 is 34.0. The molecule has 0 aliphatic heterocycles. The van der Waals surface area contributed by atoms with Gasteiger partial charge in [0.15, 0.2) is 0 Å². The zero-order valence-electron chi connectivity index (χ0n) is 8.63. The lowest BCUT2D eigenvalue weighted by Crippen LogP contribution is -2.02. The standard InChI is InChI=1S/C11H14F2O2/c1-9-2-3-10(14-6-4-12)8-11(9)15-7-5-13/h2-3,8H,4-7H2,1H3. The summed E-state index contributed by atoms with van der Waals surface area (Å²) in [6.07, 6.45) is 0. The maximum absolute atomic E-state index is 11.9. The van der Waals surface area contributed by atoms with Crippen molar-refractivity contribution in [3.8, 4) is 11.5 Å². The summed E-state index contributed by atoms with van der Waals surface area (Å²) in [7, 11) is 0. The second-order valence-corrected chi connectivity index (χ2v) is 3.00. The van der Waals surface area contributed by atoms with Gasteiger partial charge in [0.25, 0.3) is 0 Å². The summed E-state index contributed by atoms with van der Waals surface area (Å²) in [4.78, 5) is 0. The van der Waals surface area contributed by atoms with Crippen LogP contribution in [-0.2, 0) is 0 Å². The Bertz CT molecular complexity index is 303. The fourth-order valence-electron chi connectivity index (χ4n) is 1.13. The van der Waals surface area contributed by atoms with Gasteiger partial charge in [0.2, 0.25) is 0 Å². The van der Waals surface area contributed by atoms with Crippen molar-refractivity contribution in [1.29, 1.82) is 0 Å². The van der Waals surface area contributed by atoms with Crippen molar-refractivity contribution in [3.63, 3.8) is 0 Å². The van der Waals surface area contributed by atoms with Gasteiger partial charge in [-0.2, -0.15) is 0 Å². The molecular weight excluding hydrogens is 202 g/mol. The molecule has 0 saturated heterocycles. The molecule has 15 heavy (non-hydrogen) atoms. The van der Waals surface area contributed by atoms with Crippen LogP contribution in [0, 0.1) is 6.92 Å². The van der Waals surface area contributed by atoms with Crippen molar-refractivity contribution in [3.05, 3.63) is 23.8 Å². The van der Waals surface area contributed by atoms with E-state index >= 15 is 0 Å². The van der Waals surface area contributed by atoms with Crippen LogP contribution in [0.3, 0.4) is 0 Å². The molecule has 0 atom stereocenters. The highest BCUT2D eigenvalue weighted by Gasteiger charge is 2.02. The molecule has 1 rings (SSSR count). The van der Waals surface area contributed by atoms with E-state index in [9.17, 15) is 8.78 Å². The van der Waals surface area contributed by atoms with Crippen LogP contribution in [-0.4, -0.2) is 26.6 Å². The number of hydrogen-bond donors (Lipinski definition) is 0. The molecule has 0 N–H and O–H groups in total. The summed E-state index contributed by atoms with van der Waals surface area (Å²) in [5.41, 5.74) is 0.899. The van der Waals surface area contributed by atoms with Gasteiger partial charge >= 0.3 is 0 Å². The lowest BCUT2D eigenvalue weighted by atomic mass is 10.2. The van der Waals surface area contributed by atoms with Gasteiger partial charge < -0.3 is 9.47 Å². The van der Waals surface area contributed by atoms with E-state index in [1.807, 2.05) is 6.92 Å². The highest BCUT2D eigenvalue weighted by atomic mass is 19.1. The molecule has 0 fully saturated rings. The van der Waals surface area contributed by atoms with Crippen LogP contribution in [0.4, 0.5) is 8.78 Å². The summed E-state index contributed by atoms with van der Waals surface area (Å²) in [5.74, 6) is 1.11. The topological polar surface area (TPSA) is 18.5 Å². The average Bonchev–Trinajstić information content (AvgIpc) is 2.26. The summed E-state index contributed by atoms with van der Waals surface area (Å²) >= 11 is 0. The first kappa shape index (κ1) is 11.8. The summed E-state index contributed by atoms with van der Waals surface area (Å²) in [6, 6.07) is 5.16. The second-order valence-electron chi connectivity index (χ2n) is 3.00. The molecule has 84 valence electrons. The number of benzene rings is 1. The Labute approximate surface area is 87.8 Å². The normalized spacial score (nSPS) is 10.1. The van der Waals surface area contributed by atoms with Crippen LogP contribution in [0.2, 0.25) is 0 Å². The number of aryl methyl sites for hydroxylation is 1. The lowest BCUT2D eigenvalue weighted by Gasteiger charge is -2.10. The minimum Gasteiger partial charge on any atom is -0.491 e. The maximum Gasteiger partial charge on any atom is 0.126 e. The van der Waals surface area contributed by atoms with E-state index in [2.05, 4.69) is 0 Å². The largest absolute Gasteiger partial charge is 0.491 e. The monoisotopic (exact) mass is 216 g/mol. The van der Waals surface area contributed by atoms with Crippen molar-refractivity contribution >= 4 is 0 Å². The van der Waals surface area contributed by atoms with E-state index in [-0.39, 0.29) is 13.2 Å². The number of halogens is 2. The Morgan fingerprint density at radius 1 is 1.07 bits per heavy atom. The molecule has 4 heteroatoms. The van der Waals surface area contributed by atoms with E-state index in [4.69, 9.17) is 9.47 Å². The van der Waals surface area contributed by atoms with Crippen LogP contribution in [0.1, 0.15) is 5.56 Å². The third-order valence-corrected chi connectivity index (χ3v) is 1.84. The molecule has 0 heterocycles. The Balaban J connectivity index is 2.66. The Morgan fingerprint density at radius 3 is 2.40 bits per heavy atom. The highest BCUT2D eigenvalue weighted by molar-refractivity contribution is 5.39. The minimum absolute atomic E-state index is 0.0195. The van der Waals surface area contributed by atoms with Gasteiger partial charge in [0.1, 0.15) is 38.1 Å². The SMILES string of the molecule is Cc1ccc(OCCF)cc1OCCF. The molecule has 1 aromatic rings. The fraction of sp³-hybridized carbons (Fsp3) is 0.455. The number of hydrogen-bond acceptors (Lipinski definition) is 2. The first-order valence-corrected chi connectivity index (χ1v) is 4.76. The number of rotatable bonds is 6. The minimum atomic E-state index is -0.533. The zero-order chi connectivity index (χ0) is 11.1. The van der Waals surface area contributed by atoms with E-state index < -0.39 is 13.3 Å². The van der Waals surface area contributed by atoms with E-state index in [0.29, 0.717) is 11.5 Å². The summed E-state index contributed by atoms with van der Waals surface area (Å²) in [6.45, 7) is 0.828. The predicted molar refractivity (Wildman–Crippen MR) is 54.1 cm³/mol. The Morgan fingerprint density at radius 2 is 1.73 bits per heavy atom. The third-order valence-electron chi connectivity index (χ3n) is 1.84. The molecule has 0 aromatic heterocycles. The van der Waals surface area contributed by atoms with Crippen LogP contribution >= 0.6 is 0 Å². The van der Waals surface area contributed by atoms with Crippen LogP contribution in [0.5, 0.6) is 11.5 Å². The lowest BCUT2D eigenvalue weighted by molar-refractivity contribution is 0.260. The van der Waals surface area contributed by atoms with Gasteiger partial charge in [0, 0.05) is 6.07 Å². The zero-order valence-corrected chi connectivity index (χ0v) is 8.63. The van der Waals surface area contributed by atoms with E-state index in [1.54, 1.807) is 18.2 Å². The molecule has 0 spiro atoms. The molecular formula is C11H14F2O2. The Kier molecular flexibility index (Phi) is 4.87. The molecule has 0 amide bonds.